The van der Waals surface area contributed by atoms with Gasteiger partial charge in [-0.3, -0.25) is 0 Å². The zero-order valence-corrected chi connectivity index (χ0v) is 10.9. The maximum absolute atomic E-state index is 13.9. The molecule has 1 heterocycles. The lowest BCUT2D eigenvalue weighted by atomic mass is 10.1. The fourth-order valence-corrected chi connectivity index (χ4v) is 2.35. The van der Waals surface area contributed by atoms with Crippen LogP contribution in [0.2, 0.25) is 10.0 Å². The standard InChI is InChI=1S/C14H10Cl2FN/c15-10-3-1-9(2-4-10)13-14(17)18(13)12-7-5-11(16)6-8-12/h1-8,13-14H. The van der Waals surface area contributed by atoms with Crippen molar-refractivity contribution < 1.29 is 4.39 Å². The Balaban J connectivity index is 1.84. The lowest BCUT2D eigenvalue weighted by molar-refractivity contribution is 0.468. The van der Waals surface area contributed by atoms with E-state index in [1.54, 1.807) is 29.2 Å². The van der Waals surface area contributed by atoms with Crippen LogP contribution in [0, 0.1) is 0 Å². The van der Waals surface area contributed by atoms with Crippen molar-refractivity contribution >= 4 is 28.9 Å². The molecule has 2 unspecified atom stereocenters. The van der Waals surface area contributed by atoms with Gasteiger partial charge in [0.25, 0.3) is 0 Å². The number of nitrogens with zero attached hydrogens (tertiary/aromatic N) is 1. The monoisotopic (exact) mass is 281 g/mol. The van der Waals surface area contributed by atoms with E-state index in [4.69, 9.17) is 23.2 Å². The van der Waals surface area contributed by atoms with E-state index in [2.05, 4.69) is 0 Å². The Bertz CT molecular complexity index is 502. The summed E-state index contributed by atoms with van der Waals surface area (Å²) in [5.41, 5.74) is 1.77. The molecule has 1 saturated heterocycles. The molecule has 0 aliphatic carbocycles. The Kier molecular flexibility index (Phi) is 2.92. The number of halogens is 3. The van der Waals surface area contributed by atoms with Crippen molar-refractivity contribution in [3.05, 3.63) is 64.1 Å². The van der Waals surface area contributed by atoms with E-state index in [0.717, 1.165) is 11.3 Å². The highest BCUT2D eigenvalue weighted by atomic mass is 35.5. The summed E-state index contributed by atoms with van der Waals surface area (Å²) >= 11 is 11.6. The van der Waals surface area contributed by atoms with E-state index in [1.807, 2.05) is 24.3 Å². The minimum absolute atomic E-state index is 0.219. The first-order valence-corrected chi connectivity index (χ1v) is 6.36. The Hall–Kier alpha value is -1.25. The lowest BCUT2D eigenvalue weighted by Crippen LogP contribution is -1.95. The van der Waals surface area contributed by atoms with Gasteiger partial charge < -0.3 is 4.90 Å². The van der Waals surface area contributed by atoms with Crippen LogP contribution in [0.3, 0.4) is 0 Å². The molecule has 4 heteroatoms. The molecule has 2 atom stereocenters. The molecule has 1 aliphatic heterocycles. The molecule has 2 aromatic rings. The quantitative estimate of drug-likeness (QED) is 0.562. The highest BCUT2D eigenvalue weighted by molar-refractivity contribution is 6.30. The topological polar surface area (TPSA) is 3.01 Å². The number of hydrogen-bond acceptors (Lipinski definition) is 1. The summed E-state index contributed by atoms with van der Waals surface area (Å²) in [5.74, 6) is 0. The molecule has 0 spiro atoms. The SMILES string of the molecule is FC1C(c2ccc(Cl)cc2)N1c1ccc(Cl)cc1. The largest absolute Gasteiger partial charge is 0.328 e. The van der Waals surface area contributed by atoms with Gasteiger partial charge in [-0.2, -0.15) is 0 Å². The van der Waals surface area contributed by atoms with E-state index in [-0.39, 0.29) is 6.04 Å². The van der Waals surface area contributed by atoms with Gasteiger partial charge in [-0.25, -0.2) is 4.39 Å². The van der Waals surface area contributed by atoms with Gasteiger partial charge in [0.05, 0.1) is 0 Å². The number of alkyl halides is 1. The Labute approximate surface area is 115 Å². The van der Waals surface area contributed by atoms with E-state index < -0.39 is 6.30 Å². The average Bonchev–Trinajstić information content (AvgIpc) is 3.03. The zero-order valence-electron chi connectivity index (χ0n) is 9.35. The second kappa shape index (κ2) is 4.45. The molecule has 1 nitrogen and oxygen atoms in total. The summed E-state index contributed by atoms with van der Waals surface area (Å²) in [6.45, 7) is 0. The molecule has 2 aromatic carbocycles. The van der Waals surface area contributed by atoms with Crippen LogP contribution in [0.15, 0.2) is 48.5 Å². The van der Waals surface area contributed by atoms with Crippen molar-refractivity contribution in [3.8, 4) is 0 Å². The number of benzene rings is 2. The van der Waals surface area contributed by atoms with E-state index in [1.165, 1.54) is 0 Å². The summed E-state index contributed by atoms with van der Waals surface area (Å²) < 4.78 is 13.9. The van der Waals surface area contributed by atoms with Crippen LogP contribution in [0.1, 0.15) is 11.6 Å². The molecule has 0 saturated carbocycles. The van der Waals surface area contributed by atoms with E-state index in [0.29, 0.717) is 10.0 Å². The Morgan fingerprint density at radius 3 is 1.89 bits per heavy atom. The third kappa shape index (κ3) is 2.06. The van der Waals surface area contributed by atoms with Crippen LogP contribution in [-0.4, -0.2) is 6.30 Å². The smallest absolute Gasteiger partial charge is 0.198 e. The van der Waals surface area contributed by atoms with Crippen LogP contribution in [0.25, 0.3) is 0 Å². The second-order valence-electron chi connectivity index (χ2n) is 4.25. The van der Waals surface area contributed by atoms with Gasteiger partial charge in [-0.05, 0) is 42.0 Å². The lowest BCUT2D eigenvalue weighted by Gasteiger charge is -2.04. The van der Waals surface area contributed by atoms with Crippen LogP contribution in [0.5, 0.6) is 0 Å². The molecular weight excluding hydrogens is 272 g/mol. The molecule has 0 radical (unpaired) electrons. The first-order chi connectivity index (χ1) is 8.66. The van der Waals surface area contributed by atoms with Gasteiger partial charge in [0.1, 0.15) is 6.04 Å². The van der Waals surface area contributed by atoms with Crippen molar-refractivity contribution in [2.24, 2.45) is 0 Å². The summed E-state index contributed by atoms with van der Waals surface area (Å²) in [4.78, 5) is 1.71. The molecule has 0 N–H and O–H groups in total. The van der Waals surface area contributed by atoms with Crippen LogP contribution < -0.4 is 4.90 Å². The highest BCUT2D eigenvalue weighted by Gasteiger charge is 2.49. The van der Waals surface area contributed by atoms with Crippen molar-refractivity contribution in [2.45, 2.75) is 12.3 Å². The molecule has 18 heavy (non-hydrogen) atoms. The average molecular weight is 282 g/mol. The minimum Gasteiger partial charge on any atom is -0.328 e. The van der Waals surface area contributed by atoms with Gasteiger partial charge in [-0.15, -0.1) is 0 Å². The molecule has 0 aromatic heterocycles. The predicted octanol–water partition coefficient (Wildman–Crippen LogP) is 4.85. The summed E-state index contributed by atoms with van der Waals surface area (Å²) in [6.07, 6.45) is -0.979. The molecule has 0 amide bonds. The Morgan fingerprint density at radius 2 is 1.33 bits per heavy atom. The molecular formula is C14H10Cl2FN. The molecule has 3 rings (SSSR count). The van der Waals surface area contributed by atoms with E-state index >= 15 is 0 Å². The van der Waals surface area contributed by atoms with Gasteiger partial charge in [0.15, 0.2) is 6.30 Å². The predicted molar refractivity (Wildman–Crippen MR) is 73.0 cm³/mol. The van der Waals surface area contributed by atoms with E-state index in [9.17, 15) is 4.39 Å². The van der Waals surface area contributed by atoms with Gasteiger partial charge in [0, 0.05) is 15.7 Å². The Morgan fingerprint density at radius 1 is 0.833 bits per heavy atom. The minimum atomic E-state index is -0.979. The second-order valence-corrected chi connectivity index (χ2v) is 5.13. The van der Waals surface area contributed by atoms with Gasteiger partial charge >= 0.3 is 0 Å². The summed E-state index contributed by atoms with van der Waals surface area (Å²) in [5, 5.41) is 1.31. The number of rotatable bonds is 2. The third-order valence-electron chi connectivity index (χ3n) is 3.07. The summed E-state index contributed by atoms with van der Waals surface area (Å²) in [7, 11) is 0. The highest BCUT2D eigenvalue weighted by Crippen LogP contribution is 2.47. The molecule has 92 valence electrons. The number of hydrogen-bond donors (Lipinski definition) is 0. The van der Waals surface area contributed by atoms with Crippen molar-refractivity contribution in [2.75, 3.05) is 4.90 Å². The number of anilines is 1. The molecule has 1 fully saturated rings. The fraction of sp³-hybridized carbons (Fsp3) is 0.143. The van der Waals surface area contributed by atoms with Crippen molar-refractivity contribution in [1.82, 2.24) is 0 Å². The van der Waals surface area contributed by atoms with Crippen LogP contribution in [-0.2, 0) is 0 Å². The van der Waals surface area contributed by atoms with Gasteiger partial charge in [0.2, 0.25) is 0 Å². The maximum atomic E-state index is 13.9. The summed E-state index contributed by atoms with van der Waals surface area (Å²) in [6, 6.07) is 14.2. The maximum Gasteiger partial charge on any atom is 0.198 e. The third-order valence-corrected chi connectivity index (χ3v) is 3.58. The van der Waals surface area contributed by atoms with Crippen LogP contribution >= 0.6 is 23.2 Å². The fourth-order valence-electron chi connectivity index (χ4n) is 2.10. The first-order valence-electron chi connectivity index (χ1n) is 5.60. The molecule has 0 bridgehead atoms. The van der Waals surface area contributed by atoms with Gasteiger partial charge in [-0.1, -0.05) is 35.3 Å². The van der Waals surface area contributed by atoms with Crippen molar-refractivity contribution in [3.63, 3.8) is 0 Å². The van der Waals surface area contributed by atoms with Crippen molar-refractivity contribution in [1.29, 1.82) is 0 Å². The zero-order chi connectivity index (χ0) is 12.7. The normalized spacial score (nSPS) is 22.1. The first kappa shape index (κ1) is 11.8. The molecule has 1 aliphatic rings. The van der Waals surface area contributed by atoms with Crippen LogP contribution in [0.4, 0.5) is 10.1 Å².